The van der Waals surface area contributed by atoms with Gasteiger partial charge < -0.3 is 19.9 Å². The number of halogens is 1. The summed E-state index contributed by atoms with van der Waals surface area (Å²) in [5, 5.41) is 13.2. The summed E-state index contributed by atoms with van der Waals surface area (Å²) < 4.78 is 11.9. The zero-order chi connectivity index (χ0) is 15.1. The molecule has 2 N–H and O–H groups in total. The maximum atomic E-state index is 10.0. The van der Waals surface area contributed by atoms with Gasteiger partial charge in [-0.25, -0.2) is 0 Å². The highest BCUT2D eigenvalue weighted by atomic mass is 79.9. The highest BCUT2D eigenvalue weighted by Gasteiger charge is 2.15. The van der Waals surface area contributed by atoms with Gasteiger partial charge >= 0.3 is 0 Å². The first kappa shape index (κ1) is 16.6. The van der Waals surface area contributed by atoms with Crippen molar-refractivity contribution in [3.63, 3.8) is 0 Å². The molecule has 2 rings (SSSR count). The molecule has 1 unspecified atom stereocenters. The number of aliphatic hydroxyl groups is 1. The summed E-state index contributed by atoms with van der Waals surface area (Å²) in [5.41, 5.74) is 0.915. The van der Waals surface area contributed by atoms with Gasteiger partial charge in [-0.1, -0.05) is 35.2 Å². The maximum Gasteiger partial charge on any atom is 0.122 e. The van der Waals surface area contributed by atoms with Crippen LogP contribution in [0.4, 0.5) is 5.69 Å². The number of hydrogen-bond acceptors (Lipinski definition) is 4. The Morgan fingerprint density at radius 3 is 2.76 bits per heavy atom. The van der Waals surface area contributed by atoms with Crippen molar-refractivity contribution in [2.45, 2.75) is 44.3 Å². The predicted molar refractivity (Wildman–Crippen MR) is 88.0 cm³/mol. The summed E-state index contributed by atoms with van der Waals surface area (Å²) >= 11 is 3.44. The molecule has 0 saturated heterocycles. The smallest absolute Gasteiger partial charge is 0.122 e. The van der Waals surface area contributed by atoms with E-state index in [4.69, 9.17) is 9.47 Å². The van der Waals surface area contributed by atoms with E-state index in [2.05, 4.69) is 21.2 Å². The van der Waals surface area contributed by atoms with Crippen molar-refractivity contribution in [3.8, 4) is 5.75 Å². The van der Waals surface area contributed by atoms with Crippen LogP contribution >= 0.6 is 15.9 Å². The molecule has 0 amide bonds. The molecule has 21 heavy (non-hydrogen) atoms. The van der Waals surface area contributed by atoms with E-state index in [-0.39, 0.29) is 0 Å². The Morgan fingerprint density at radius 2 is 2.05 bits per heavy atom. The van der Waals surface area contributed by atoms with Crippen molar-refractivity contribution in [2.75, 3.05) is 25.6 Å². The topological polar surface area (TPSA) is 50.7 Å². The lowest BCUT2D eigenvalue weighted by atomic mass is 9.98. The third-order valence-corrected chi connectivity index (χ3v) is 4.18. The lowest BCUT2D eigenvalue weighted by molar-refractivity contribution is -0.0195. The number of anilines is 1. The monoisotopic (exact) mass is 357 g/mol. The van der Waals surface area contributed by atoms with Gasteiger partial charge in [0.15, 0.2) is 0 Å². The first-order valence-corrected chi connectivity index (χ1v) is 8.35. The molecule has 1 aromatic carbocycles. The molecule has 1 atom stereocenters. The predicted octanol–water partition coefficient (Wildman–Crippen LogP) is 3.58. The van der Waals surface area contributed by atoms with Crippen LogP contribution in [0.15, 0.2) is 22.7 Å². The normalized spacial score (nSPS) is 17.5. The van der Waals surface area contributed by atoms with E-state index >= 15 is 0 Å². The molecule has 1 aliphatic carbocycles. The number of rotatable bonds is 7. The van der Waals surface area contributed by atoms with E-state index in [1.54, 1.807) is 7.11 Å². The number of aliphatic hydroxyl groups excluding tert-OH is 1. The van der Waals surface area contributed by atoms with E-state index in [0.29, 0.717) is 19.3 Å². The fraction of sp³-hybridized carbons (Fsp3) is 0.625. The molecule has 118 valence electrons. The zero-order valence-corrected chi connectivity index (χ0v) is 14.1. The summed E-state index contributed by atoms with van der Waals surface area (Å²) in [6.07, 6.45) is 5.89. The summed E-state index contributed by atoms with van der Waals surface area (Å²) in [4.78, 5) is 0. The second-order valence-corrected chi connectivity index (χ2v) is 6.42. The van der Waals surface area contributed by atoms with Crippen molar-refractivity contribution in [1.82, 2.24) is 0 Å². The Bertz CT molecular complexity index is 436. The molecule has 1 aliphatic rings. The summed E-state index contributed by atoms with van der Waals surface area (Å²) in [6.45, 7) is 0.856. The fourth-order valence-corrected chi connectivity index (χ4v) is 3.03. The van der Waals surface area contributed by atoms with Crippen molar-refractivity contribution in [2.24, 2.45) is 0 Å². The standard InChI is InChI=1S/C16H24BrNO3/c1-20-16-8-12(17)7-13(9-16)18-10-14(19)11-21-15-5-3-2-4-6-15/h7-9,14-15,18-19H,2-6,10-11H2,1H3. The minimum atomic E-state index is -0.503. The van der Waals surface area contributed by atoms with Gasteiger partial charge in [-0.3, -0.25) is 0 Å². The molecule has 0 radical (unpaired) electrons. The highest BCUT2D eigenvalue weighted by Crippen LogP contribution is 2.24. The molecule has 1 aromatic rings. The highest BCUT2D eigenvalue weighted by molar-refractivity contribution is 9.10. The van der Waals surface area contributed by atoms with Gasteiger partial charge in [0, 0.05) is 22.8 Å². The lowest BCUT2D eigenvalue weighted by Crippen LogP contribution is -2.28. The molecule has 0 spiro atoms. The Morgan fingerprint density at radius 1 is 1.29 bits per heavy atom. The third-order valence-electron chi connectivity index (χ3n) is 3.73. The summed E-state index contributed by atoms with van der Waals surface area (Å²) in [5.74, 6) is 0.778. The number of benzene rings is 1. The van der Waals surface area contributed by atoms with Gasteiger partial charge in [0.2, 0.25) is 0 Å². The van der Waals surface area contributed by atoms with Crippen LogP contribution < -0.4 is 10.1 Å². The van der Waals surface area contributed by atoms with Gasteiger partial charge in [0.25, 0.3) is 0 Å². The van der Waals surface area contributed by atoms with Crippen LogP contribution in [-0.2, 0) is 4.74 Å². The van der Waals surface area contributed by atoms with Crippen LogP contribution in [-0.4, -0.2) is 37.6 Å². The average Bonchev–Trinajstić information content (AvgIpc) is 2.51. The van der Waals surface area contributed by atoms with Gasteiger partial charge in [-0.2, -0.15) is 0 Å². The molecular formula is C16H24BrNO3. The molecule has 1 saturated carbocycles. The molecule has 0 heterocycles. The Labute approximate surface area is 135 Å². The van der Waals surface area contributed by atoms with Crippen molar-refractivity contribution >= 4 is 21.6 Å². The fourth-order valence-electron chi connectivity index (χ4n) is 2.56. The first-order chi connectivity index (χ1) is 10.2. The molecule has 0 bridgehead atoms. The van der Waals surface area contributed by atoms with E-state index in [1.807, 2.05) is 18.2 Å². The van der Waals surface area contributed by atoms with Crippen LogP contribution in [0.2, 0.25) is 0 Å². The average molecular weight is 358 g/mol. The zero-order valence-electron chi connectivity index (χ0n) is 12.5. The van der Waals surface area contributed by atoms with E-state index in [0.717, 1.165) is 28.8 Å². The van der Waals surface area contributed by atoms with Crippen LogP contribution in [0.1, 0.15) is 32.1 Å². The minimum absolute atomic E-state index is 0.333. The van der Waals surface area contributed by atoms with Crippen LogP contribution in [0, 0.1) is 0 Å². The Kier molecular flexibility index (Phi) is 6.80. The second kappa shape index (κ2) is 8.61. The van der Waals surface area contributed by atoms with E-state index in [1.165, 1.54) is 19.3 Å². The number of ether oxygens (including phenoxy) is 2. The third kappa shape index (κ3) is 5.85. The lowest BCUT2D eigenvalue weighted by Gasteiger charge is -2.23. The summed E-state index contributed by atoms with van der Waals surface area (Å²) in [6, 6.07) is 5.75. The molecule has 0 aliphatic heterocycles. The number of methoxy groups -OCH3 is 1. The maximum absolute atomic E-state index is 10.0. The van der Waals surface area contributed by atoms with E-state index < -0.39 is 6.10 Å². The van der Waals surface area contributed by atoms with Gasteiger partial charge in [0.1, 0.15) is 5.75 Å². The first-order valence-electron chi connectivity index (χ1n) is 7.55. The van der Waals surface area contributed by atoms with Crippen molar-refractivity contribution in [3.05, 3.63) is 22.7 Å². The van der Waals surface area contributed by atoms with Crippen molar-refractivity contribution < 1.29 is 14.6 Å². The molecule has 0 aromatic heterocycles. The van der Waals surface area contributed by atoms with Crippen molar-refractivity contribution in [1.29, 1.82) is 0 Å². The van der Waals surface area contributed by atoms with Gasteiger partial charge in [-0.15, -0.1) is 0 Å². The summed E-state index contributed by atoms with van der Waals surface area (Å²) in [7, 11) is 1.64. The SMILES string of the molecule is COc1cc(Br)cc(NCC(O)COC2CCCCC2)c1. The Hall–Kier alpha value is -0.780. The van der Waals surface area contributed by atoms with Crippen LogP contribution in [0.5, 0.6) is 5.75 Å². The van der Waals surface area contributed by atoms with Gasteiger partial charge in [-0.05, 0) is 25.0 Å². The number of hydrogen-bond donors (Lipinski definition) is 2. The molecule has 1 fully saturated rings. The van der Waals surface area contributed by atoms with E-state index in [9.17, 15) is 5.11 Å². The Balaban J connectivity index is 1.72. The second-order valence-electron chi connectivity index (χ2n) is 5.51. The van der Waals surface area contributed by atoms with Crippen LogP contribution in [0.25, 0.3) is 0 Å². The number of nitrogens with one attached hydrogen (secondary N) is 1. The molecule has 4 nitrogen and oxygen atoms in total. The minimum Gasteiger partial charge on any atom is -0.497 e. The van der Waals surface area contributed by atoms with Crippen LogP contribution in [0.3, 0.4) is 0 Å². The molecule has 5 heteroatoms. The van der Waals surface area contributed by atoms with Gasteiger partial charge in [0.05, 0.1) is 25.9 Å². The largest absolute Gasteiger partial charge is 0.497 e. The molecular weight excluding hydrogens is 334 g/mol. The quantitative estimate of drug-likeness (QED) is 0.782.